The Morgan fingerprint density at radius 3 is 2.90 bits per heavy atom. The Morgan fingerprint density at radius 2 is 2.20 bits per heavy atom. The lowest BCUT2D eigenvalue weighted by Crippen LogP contribution is -2.31. The number of ether oxygens (including phenoxy) is 1. The SMILES string of the molecule is Cc1cccc(OCC(O)CNCc2cc(C)no2)c1. The van der Waals surface area contributed by atoms with Crippen LogP contribution in [-0.2, 0) is 6.54 Å². The molecule has 5 nitrogen and oxygen atoms in total. The molecular formula is C15H20N2O3. The zero-order chi connectivity index (χ0) is 14.4. The highest BCUT2D eigenvalue weighted by Crippen LogP contribution is 2.12. The van der Waals surface area contributed by atoms with Crippen LogP contribution in [0.25, 0.3) is 0 Å². The summed E-state index contributed by atoms with van der Waals surface area (Å²) in [6.07, 6.45) is -0.570. The second-order valence-corrected chi connectivity index (χ2v) is 4.85. The highest BCUT2D eigenvalue weighted by Gasteiger charge is 2.06. The lowest BCUT2D eigenvalue weighted by atomic mass is 10.2. The molecule has 0 spiro atoms. The van der Waals surface area contributed by atoms with Crippen LogP contribution in [0.1, 0.15) is 17.0 Å². The summed E-state index contributed by atoms with van der Waals surface area (Å²) in [5, 5.41) is 16.7. The lowest BCUT2D eigenvalue weighted by molar-refractivity contribution is 0.105. The van der Waals surface area contributed by atoms with Gasteiger partial charge in [-0.1, -0.05) is 17.3 Å². The summed E-state index contributed by atoms with van der Waals surface area (Å²) >= 11 is 0. The monoisotopic (exact) mass is 276 g/mol. The molecule has 20 heavy (non-hydrogen) atoms. The molecule has 0 radical (unpaired) electrons. The summed E-state index contributed by atoms with van der Waals surface area (Å²) in [5.74, 6) is 1.53. The number of aliphatic hydroxyl groups excluding tert-OH is 1. The summed E-state index contributed by atoms with van der Waals surface area (Å²) in [5.41, 5.74) is 1.99. The van der Waals surface area contributed by atoms with Gasteiger partial charge in [-0.05, 0) is 31.5 Å². The molecule has 0 bridgehead atoms. The van der Waals surface area contributed by atoms with Gasteiger partial charge in [0.2, 0.25) is 0 Å². The number of nitrogens with one attached hydrogen (secondary N) is 1. The van der Waals surface area contributed by atoms with Crippen molar-refractivity contribution < 1.29 is 14.4 Å². The number of aromatic nitrogens is 1. The molecule has 0 saturated heterocycles. The summed E-state index contributed by atoms with van der Waals surface area (Å²) < 4.78 is 10.6. The standard InChI is InChI=1S/C15H20N2O3/c1-11-4-3-5-14(6-11)19-10-13(18)8-16-9-15-7-12(2)17-20-15/h3-7,13,16,18H,8-10H2,1-2H3. The molecule has 0 fully saturated rings. The van der Waals surface area contributed by atoms with Gasteiger partial charge in [-0.25, -0.2) is 0 Å². The Morgan fingerprint density at radius 1 is 1.35 bits per heavy atom. The number of aryl methyl sites for hydroxylation is 2. The van der Waals surface area contributed by atoms with E-state index >= 15 is 0 Å². The van der Waals surface area contributed by atoms with Gasteiger partial charge in [-0.3, -0.25) is 0 Å². The van der Waals surface area contributed by atoms with Crippen LogP contribution in [0.3, 0.4) is 0 Å². The van der Waals surface area contributed by atoms with Crippen molar-refractivity contribution in [3.05, 3.63) is 47.3 Å². The molecule has 0 saturated carbocycles. The van der Waals surface area contributed by atoms with E-state index in [9.17, 15) is 5.11 Å². The van der Waals surface area contributed by atoms with E-state index in [1.54, 1.807) is 0 Å². The molecule has 0 aliphatic rings. The first-order valence-electron chi connectivity index (χ1n) is 6.64. The van der Waals surface area contributed by atoms with Crippen molar-refractivity contribution in [2.45, 2.75) is 26.5 Å². The maximum absolute atomic E-state index is 9.83. The molecule has 1 aromatic heterocycles. The molecule has 0 amide bonds. The van der Waals surface area contributed by atoms with E-state index in [1.807, 2.05) is 44.2 Å². The molecule has 0 aliphatic heterocycles. The van der Waals surface area contributed by atoms with Crippen LogP contribution < -0.4 is 10.1 Å². The van der Waals surface area contributed by atoms with Gasteiger partial charge < -0.3 is 19.7 Å². The Labute approximate surface area is 118 Å². The normalized spacial score (nSPS) is 12.3. The zero-order valence-corrected chi connectivity index (χ0v) is 11.8. The van der Waals surface area contributed by atoms with Gasteiger partial charge >= 0.3 is 0 Å². The summed E-state index contributed by atoms with van der Waals surface area (Å²) in [6.45, 7) is 5.11. The Hall–Kier alpha value is -1.85. The van der Waals surface area contributed by atoms with Gasteiger partial charge in [-0.2, -0.15) is 0 Å². The van der Waals surface area contributed by atoms with Crippen LogP contribution in [0.15, 0.2) is 34.9 Å². The molecular weight excluding hydrogens is 256 g/mol. The maximum Gasteiger partial charge on any atom is 0.150 e. The fourth-order valence-corrected chi connectivity index (χ4v) is 1.82. The van der Waals surface area contributed by atoms with Gasteiger partial charge in [0.15, 0.2) is 5.76 Å². The molecule has 2 N–H and O–H groups in total. The summed E-state index contributed by atoms with van der Waals surface area (Å²) in [7, 11) is 0. The molecule has 2 aromatic rings. The summed E-state index contributed by atoms with van der Waals surface area (Å²) in [4.78, 5) is 0. The Bertz CT molecular complexity index is 539. The van der Waals surface area contributed by atoms with Crippen LogP contribution in [0.2, 0.25) is 0 Å². The van der Waals surface area contributed by atoms with Crippen molar-refractivity contribution in [1.82, 2.24) is 10.5 Å². The van der Waals surface area contributed by atoms with Crippen molar-refractivity contribution in [2.24, 2.45) is 0 Å². The molecule has 2 rings (SSSR count). The minimum atomic E-state index is -0.570. The second-order valence-electron chi connectivity index (χ2n) is 4.85. The molecule has 1 heterocycles. The minimum absolute atomic E-state index is 0.256. The number of nitrogens with zero attached hydrogens (tertiary/aromatic N) is 1. The predicted octanol–water partition coefficient (Wildman–Crippen LogP) is 1.82. The third-order valence-electron chi connectivity index (χ3n) is 2.79. The first-order valence-corrected chi connectivity index (χ1v) is 6.64. The highest BCUT2D eigenvalue weighted by atomic mass is 16.5. The highest BCUT2D eigenvalue weighted by molar-refractivity contribution is 5.27. The van der Waals surface area contributed by atoms with Crippen LogP contribution in [0, 0.1) is 13.8 Å². The van der Waals surface area contributed by atoms with Crippen molar-refractivity contribution >= 4 is 0 Å². The molecule has 1 aromatic carbocycles. The van der Waals surface area contributed by atoms with Crippen LogP contribution in [0.5, 0.6) is 5.75 Å². The van der Waals surface area contributed by atoms with E-state index in [1.165, 1.54) is 0 Å². The van der Waals surface area contributed by atoms with Crippen molar-refractivity contribution in [3.63, 3.8) is 0 Å². The van der Waals surface area contributed by atoms with Gasteiger partial charge in [0, 0.05) is 12.6 Å². The van der Waals surface area contributed by atoms with E-state index in [0.29, 0.717) is 13.1 Å². The van der Waals surface area contributed by atoms with E-state index in [-0.39, 0.29) is 6.61 Å². The first kappa shape index (κ1) is 14.6. The van der Waals surface area contributed by atoms with Crippen LogP contribution in [0.4, 0.5) is 0 Å². The second kappa shape index (κ2) is 7.07. The van der Waals surface area contributed by atoms with Crippen LogP contribution in [-0.4, -0.2) is 29.5 Å². The smallest absolute Gasteiger partial charge is 0.150 e. The summed E-state index contributed by atoms with van der Waals surface area (Å²) in [6, 6.07) is 9.62. The molecule has 1 unspecified atom stereocenters. The first-order chi connectivity index (χ1) is 9.63. The van der Waals surface area contributed by atoms with Crippen molar-refractivity contribution in [3.8, 4) is 5.75 Å². The molecule has 0 aliphatic carbocycles. The lowest BCUT2D eigenvalue weighted by Gasteiger charge is -2.13. The Kier molecular flexibility index (Phi) is 5.15. The largest absolute Gasteiger partial charge is 0.491 e. The minimum Gasteiger partial charge on any atom is -0.491 e. The molecule has 5 heteroatoms. The van der Waals surface area contributed by atoms with Gasteiger partial charge in [0.05, 0.1) is 12.2 Å². The van der Waals surface area contributed by atoms with Crippen LogP contribution >= 0.6 is 0 Å². The van der Waals surface area contributed by atoms with Crippen molar-refractivity contribution in [2.75, 3.05) is 13.2 Å². The van der Waals surface area contributed by atoms with Crippen molar-refractivity contribution in [1.29, 1.82) is 0 Å². The number of rotatable bonds is 7. The van der Waals surface area contributed by atoms with E-state index in [4.69, 9.17) is 9.26 Å². The molecule has 108 valence electrons. The average Bonchev–Trinajstić information content (AvgIpc) is 2.82. The molecule has 1 atom stereocenters. The quantitative estimate of drug-likeness (QED) is 0.807. The number of hydrogen-bond donors (Lipinski definition) is 2. The van der Waals surface area contributed by atoms with Gasteiger partial charge in [0.25, 0.3) is 0 Å². The zero-order valence-electron chi connectivity index (χ0n) is 11.8. The van der Waals surface area contributed by atoms with E-state index < -0.39 is 6.10 Å². The van der Waals surface area contributed by atoms with E-state index in [2.05, 4.69) is 10.5 Å². The number of benzene rings is 1. The maximum atomic E-state index is 9.83. The predicted molar refractivity (Wildman–Crippen MR) is 75.6 cm³/mol. The fourth-order valence-electron chi connectivity index (χ4n) is 1.82. The average molecular weight is 276 g/mol. The van der Waals surface area contributed by atoms with Gasteiger partial charge in [-0.15, -0.1) is 0 Å². The fraction of sp³-hybridized carbons (Fsp3) is 0.400. The number of aliphatic hydroxyl groups is 1. The third-order valence-corrected chi connectivity index (χ3v) is 2.79. The van der Waals surface area contributed by atoms with Gasteiger partial charge in [0.1, 0.15) is 18.5 Å². The Balaban J connectivity index is 1.66. The topological polar surface area (TPSA) is 67.5 Å². The third kappa shape index (κ3) is 4.68. The van der Waals surface area contributed by atoms with E-state index in [0.717, 1.165) is 22.8 Å². The number of hydrogen-bond acceptors (Lipinski definition) is 5.